The Kier molecular flexibility index (Phi) is 6.80. The number of nitrogens with zero attached hydrogens (tertiary/aromatic N) is 1. The van der Waals surface area contributed by atoms with Gasteiger partial charge in [0.05, 0.1) is 0 Å². The molecule has 5 nitrogen and oxygen atoms in total. The third-order valence-electron chi connectivity index (χ3n) is 6.08. The van der Waals surface area contributed by atoms with Crippen molar-refractivity contribution in [2.24, 2.45) is 0 Å². The number of fused-ring (bicyclic) bond motifs is 2. The van der Waals surface area contributed by atoms with Crippen LogP contribution in [0.5, 0.6) is 11.5 Å². The number of carbonyl (C=O) groups is 1. The maximum atomic E-state index is 12.9. The number of hydrogen-bond donors (Lipinski definition) is 1. The van der Waals surface area contributed by atoms with Gasteiger partial charge in [0.2, 0.25) is 12.7 Å². The summed E-state index contributed by atoms with van der Waals surface area (Å²) in [5.74, 6) is 1.55. The molecule has 164 valence electrons. The third kappa shape index (κ3) is 4.71. The van der Waals surface area contributed by atoms with E-state index < -0.39 is 0 Å². The molecule has 0 bridgehead atoms. The highest BCUT2D eigenvalue weighted by Gasteiger charge is 2.25. The zero-order valence-corrected chi connectivity index (χ0v) is 18.5. The van der Waals surface area contributed by atoms with Crippen LogP contribution in [0.15, 0.2) is 48.7 Å². The first-order chi connectivity index (χ1) is 15.2. The topological polar surface area (TPSA) is 52.5 Å². The van der Waals surface area contributed by atoms with Gasteiger partial charge in [0, 0.05) is 42.5 Å². The van der Waals surface area contributed by atoms with Gasteiger partial charge >= 0.3 is 0 Å². The minimum Gasteiger partial charge on any atom is -0.454 e. The van der Waals surface area contributed by atoms with Crippen LogP contribution in [0.2, 0.25) is 0 Å². The normalized spacial score (nSPS) is 13.5. The van der Waals surface area contributed by atoms with Gasteiger partial charge in [0.25, 0.3) is 0 Å². The Morgan fingerprint density at radius 3 is 2.74 bits per heavy atom. The van der Waals surface area contributed by atoms with E-state index in [2.05, 4.69) is 60.3 Å². The van der Waals surface area contributed by atoms with Crippen molar-refractivity contribution in [3.05, 3.63) is 59.8 Å². The van der Waals surface area contributed by atoms with E-state index in [9.17, 15) is 4.79 Å². The van der Waals surface area contributed by atoms with Crippen LogP contribution in [0.4, 0.5) is 0 Å². The molecule has 5 heteroatoms. The van der Waals surface area contributed by atoms with Crippen LogP contribution in [0.1, 0.15) is 63.0 Å². The van der Waals surface area contributed by atoms with E-state index in [-0.39, 0.29) is 18.6 Å². The maximum Gasteiger partial charge on any atom is 0.231 e. The molecule has 1 N–H and O–H groups in total. The van der Waals surface area contributed by atoms with E-state index in [0.29, 0.717) is 6.42 Å². The van der Waals surface area contributed by atoms with Crippen molar-refractivity contribution in [2.45, 2.75) is 58.4 Å². The number of rotatable bonds is 10. The van der Waals surface area contributed by atoms with E-state index in [0.717, 1.165) is 43.0 Å². The lowest BCUT2D eigenvalue weighted by atomic mass is 9.87. The fourth-order valence-corrected chi connectivity index (χ4v) is 4.39. The highest BCUT2D eigenvalue weighted by Crippen LogP contribution is 2.40. The molecule has 2 aromatic carbocycles. The summed E-state index contributed by atoms with van der Waals surface area (Å²) in [7, 11) is 0. The highest BCUT2D eigenvalue weighted by molar-refractivity contribution is 5.86. The van der Waals surface area contributed by atoms with Gasteiger partial charge in [-0.1, -0.05) is 50.5 Å². The smallest absolute Gasteiger partial charge is 0.231 e. The molecule has 1 aliphatic rings. The Balaban J connectivity index is 1.63. The van der Waals surface area contributed by atoms with Crippen LogP contribution in [0.25, 0.3) is 10.9 Å². The second-order valence-electron chi connectivity index (χ2n) is 8.17. The lowest BCUT2D eigenvalue weighted by molar-refractivity contribution is -0.121. The summed E-state index contributed by atoms with van der Waals surface area (Å²) in [6.45, 7) is 6.22. The Morgan fingerprint density at radius 1 is 1.06 bits per heavy atom. The van der Waals surface area contributed by atoms with Crippen LogP contribution < -0.4 is 14.8 Å². The minimum atomic E-state index is -0.0529. The molecular weight excluding hydrogens is 388 g/mol. The highest BCUT2D eigenvalue weighted by atomic mass is 16.7. The molecule has 0 radical (unpaired) electrons. The van der Waals surface area contributed by atoms with Crippen LogP contribution in [0, 0.1) is 0 Å². The molecule has 1 aliphatic heterocycles. The molecule has 0 spiro atoms. The average Bonchev–Trinajstić information content (AvgIpc) is 3.41. The summed E-state index contributed by atoms with van der Waals surface area (Å²) in [6, 6.07) is 14.5. The summed E-state index contributed by atoms with van der Waals surface area (Å²) in [5, 5.41) is 4.33. The first-order valence-corrected chi connectivity index (χ1v) is 11.4. The maximum absolute atomic E-state index is 12.9. The summed E-state index contributed by atoms with van der Waals surface area (Å²) >= 11 is 0. The summed E-state index contributed by atoms with van der Waals surface area (Å²) in [4.78, 5) is 12.9. The molecule has 4 rings (SSSR count). The molecule has 0 fully saturated rings. The van der Waals surface area contributed by atoms with Gasteiger partial charge in [-0.15, -0.1) is 0 Å². The van der Waals surface area contributed by atoms with Gasteiger partial charge in [-0.2, -0.15) is 0 Å². The second kappa shape index (κ2) is 9.90. The average molecular weight is 421 g/mol. The van der Waals surface area contributed by atoms with Crippen LogP contribution in [-0.4, -0.2) is 23.8 Å². The van der Waals surface area contributed by atoms with Gasteiger partial charge in [0.15, 0.2) is 11.5 Å². The standard InChI is InChI=1S/C26H32N2O3/c1-3-5-6-9-14-27-26(29)16-21(19-12-13-24-25(15-19)31-18-30-24)22-17-28(4-2)23-11-8-7-10-20(22)23/h7-8,10-13,15,17,21H,3-6,9,14,16,18H2,1-2H3,(H,27,29). The minimum absolute atomic E-state index is 0.0529. The van der Waals surface area contributed by atoms with Crippen LogP contribution >= 0.6 is 0 Å². The summed E-state index contributed by atoms with van der Waals surface area (Å²) in [5.41, 5.74) is 3.45. The van der Waals surface area contributed by atoms with E-state index in [1.165, 1.54) is 29.3 Å². The number of aromatic nitrogens is 1. The molecule has 1 amide bonds. The molecular formula is C26H32N2O3. The molecule has 1 unspecified atom stereocenters. The van der Waals surface area contributed by atoms with Gasteiger partial charge < -0.3 is 19.4 Å². The molecule has 1 aromatic heterocycles. The van der Waals surface area contributed by atoms with Gasteiger partial charge in [0.1, 0.15) is 0 Å². The van der Waals surface area contributed by atoms with Gasteiger partial charge in [-0.25, -0.2) is 0 Å². The zero-order valence-electron chi connectivity index (χ0n) is 18.5. The number of carbonyl (C=O) groups excluding carboxylic acids is 1. The number of benzene rings is 2. The second-order valence-corrected chi connectivity index (χ2v) is 8.17. The van der Waals surface area contributed by atoms with Crippen LogP contribution in [0.3, 0.4) is 0 Å². The predicted octanol–water partition coefficient (Wildman–Crippen LogP) is 5.61. The van der Waals surface area contributed by atoms with Crippen molar-refractivity contribution in [1.82, 2.24) is 9.88 Å². The number of para-hydroxylation sites is 1. The van der Waals surface area contributed by atoms with Crippen molar-refractivity contribution < 1.29 is 14.3 Å². The Labute approximate surface area is 184 Å². The summed E-state index contributed by atoms with van der Waals surface area (Å²) < 4.78 is 13.4. The van der Waals surface area contributed by atoms with Gasteiger partial charge in [-0.05, 0) is 42.7 Å². The number of unbranched alkanes of at least 4 members (excludes halogenated alkanes) is 3. The molecule has 0 aliphatic carbocycles. The van der Waals surface area contributed by atoms with Gasteiger partial charge in [-0.3, -0.25) is 4.79 Å². The molecule has 3 aromatic rings. The fraction of sp³-hybridized carbons (Fsp3) is 0.423. The van der Waals surface area contributed by atoms with Crippen molar-refractivity contribution in [3.63, 3.8) is 0 Å². The van der Waals surface area contributed by atoms with Crippen molar-refractivity contribution in [1.29, 1.82) is 0 Å². The number of amides is 1. The quantitative estimate of drug-likeness (QED) is 0.434. The van der Waals surface area contributed by atoms with Crippen molar-refractivity contribution in [2.75, 3.05) is 13.3 Å². The fourth-order valence-electron chi connectivity index (χ4n) is 4.39. The summed E-state index contributed by atoms with van der Waals surface area (Å²) in [6.07, 6.45) is 7.21. The zero-order chi connectivity index (χ0) is 21.6. The van der Waals surface area contributed by atoms with E-state index in [1.807, 2.05) is 12.1 Å². The molecule has 0 saturated carbocycles. The molecule has 1 atom stereocenters. The lowest BCUT2D eigenvalue weighted by Crippen LogP contribution is -2.26. The third-order valence-corrected chi connectivity index (χ3v) is 6.08. The van der Waals surface area contributed by atoms with Crippen molar-refractivity contribution >= 4 is 16.8 Å². The molecule has 0 saturated heterocycles. The first kappa shape index (κ1) is 21.3. The lowest BCUT2D eigenvalue weighted by Gasteiger charge is -2.18. The van der Waals surface area contributed by atoms with E-state index in [4.69, 9.17) is 9.47 Å². The monoisotopic (exact) mass is 420 g/mol. The molecule has 31 heavy (non-hydrogen) atoms. The largest absolute Gasteiger partial charge is 0.454 e. The predicted molar refractivity (Wildman–Crippen MR) is 124 cm³/mol. The molecule has 2 heterocycles. The number of aryl methyl sites for hydroxylation is 1. The van der Waals surface area contributed by atoms with E-state index in [1.54, 1.807) is 0 Å². The number of nitrogens with one attached hydrogen (secondary N) is 1. The van der Waals surface area contributed by atoms with Crippen molar-refractivity contribution in [3.8, 4) is 11.5 Å². The van der Waals surface area contributed by atoms with Crippen LogP contribution in [-0.2, 0) is 11.3 Å². The number of ether oxygens (including phenoxy) is 2. The number of hydrogen-bond acceptors (Lipinski definition) is 3. The van der Waals surface area contributed by atoms with E-state index >= 15 is 0 Å². The Hall–Kier alpha value is -2.95. The Bertz CT molecular complexity index is 1040. The SMILES string of the molecule is CCCCCCNC(=O)CC(c1ccc2c(c1)OCO2)c1cn(CC)c2ccccc12. The Morgan fingerprint density at radius 2 is 1.90 bits per heavy atom. The first-order valence-electron chi connectivity index (χ1n) is 11.4.